The van der Waals surface area contributed by atoms with Gasteiger partial charge in [-0.1, -0.05) is 6.58 Å². The van der Waals surface area contributed by atoms with Crippen LogP contribution in [0.15, 0.2) is 12.2 Å². The molecule has 0 radical (unpaired) electrons. The first-order valence-corrected chi connectivity index (χ1v) is 6.42. The number of amides is 1. The Morgan fingerprint density at radius 1 is 1.28 bits per heavy atom. The van der Waals surface area contributed by atoms with Gasteiger partial charge in [-0.25, -0.2) is 4.79 Å². The third-order valence-electron chi connectivity index (χ3n) is 2.85. The Kier molecular flexibility index (Phi) is 4.54. The molecule has 1 atom stereocenters. The quantitative estimate of drug-likeness (QED) is 0.711. The van der Waals surface area contributed by atoms with Gasteiger partial charge in [0.25, 0.3) is 0 Å². The zero-order valence-electron chi connectivity index (χ0n) is 11.8. The summed E-state index contributed by atoms with van der Waals surface area (Å²) in [5.74, 6) is -0.0550. The predicted molar refractivity (Wildman–Crippen MR) is 70.4 cm³/mol. The number of piperidine rings is 1. The van der Waals surface area contributed by atoms with Gasteiger partial charge >= 0.3 is 6.09 Å². The Morgan fingerprint density at radius 3 is 2.39 bits per heavy atom. The van der Waals surface area contributed by atoms with Crippen molar-refractivity contribution in [2.45, 2.75) is 58.6 Å². The van der Waals surface area contributed by atoms with Gasteiger partial charge in [0.05, 0.1) is 6.04 Å². The molecule has 0 spiro atoms. The minimum atomic E-state index is -0.536. The first-order chi connectivity index (χ1) is 8.22. The van der Waals surface area contributed by atoms with E-state index in [0.29, 0.717) is 18.5 Å². The Hall–Kier alpha value is -1.32. The normalized spacial score (nSPS) is 20.4. The molecule has 1 saturated heterocycles. The lowest BCUT2D eigenvalue weighted by Crippen LogP contribution is -2.49. The molecule has 4 nitrogen and oxygen atoms in total. The Bertz CT molecular complexity index is 355. The molecule has 0 aromatic rings. The third kappa shape index (κ3) is 3.86. The minimum Gasteiger partial charge on any atom is -0.444 e. The number of hydrogen-bond acceptors (Lipinski definition) is 3. The fraction of sp³-hybridized carbons (Fsp3) is 0.714. The number of carbonyl (C=O) groups excluding carboxylic acids is 2. The minimum absolute atomic E-state index is 0.0550. The van der Waals surface area contributed by atoms with Gasteiger partial charge in [0.15, 0.2) is 5.78 Å². The van der Waals surface area contributed by atoms with Crippen molar-refractivity contribution >= 4 is 11.9 Å². The molecule has 102 valence electrons. The first-order valence-electron chi connectivity index (χ1n) is 6.42. The summed E-state index contributed by atoms with van der Waals surface area (Å²) in [6.07, 6.45) is 2.18. The molecular weight excluding hydrogens is 230 g/mol. The summed E-state index contributed by atoms with van der Waals surface area (Å²) >= 11 is 0. The number of rotatable bonds is 2. The molecule has 0 unspecified atom stereocenters. The van der Waals surface area contributed by atoms with Crippen molar-refractivity contribution in [2.24, 2.45) is 0 Å². The lowest BCUT2D eigenvalue weighted by atomic mass is 9.96. The van der Waals surface area contributed by atoms with E-state index in [1.807, 2.05) is 20.8 Å². The molecule has 0 aromatic heterocycles. The van der Waals surface area contributed by atoms with Crippen LogP contribution < -0.4 is 0 Å². The molecule has 1 fully saturated rings. The van der Waals surface area contributed by atoms with Crippen LogP contribution in [-0.2, 0) is 9.53 Å². The van der Waals surface area contributed by atoms with E-state index < -0.39 is 17.7 Å². The van der Waals surface area contributed by atoms with Crippen LogP contribution in [0.2, 0.25) is 0 Å². The van der Waals surface area contributed by atoms with Crippen LogP contribution in [0, 0.1) is 0 Å². The molecule has 1 heterocycles. The molecular formula is C14H23NO3. The highest BCUT2D eigenvalue weighted by Gasteiger charge is 2.34. The van der Waals surface area contributed by atoms with Crippen LogP contribution in [-0.4, -0.2) is 35.0 Å². The average molecular weight is 253 g/mol. The maximum absolute atomic E-state index is 12.1. The molecule has 0 aromatic carbocycles. The zero-order chi connectivity index (χ0) is 13.9. The summed E-state index contributed by atoms with van der Waals surface area (Å²) in [4.78, 5) is 25.6. The van der Waals surface area contributed by atoms with Gasteiger partial charge in [0, 0.05) is 6.54 Å². The molecule has 1 amide bonds. The van der Waals surface area contributed by atoms with E-state index in [0.717, 1.165) is 12.8 Å². The maximum atomic E-state index is 12.1. The van der Waals surface area contributed by atoms with E-state index in [9.17, 15) is 9.59 Å². The van der Waals surface area contributed by atoms with Gasteiger partial charge in [-0.3, -0.25) is 9.69 Å². The van der Waals surface area contributed by atoms with Crippen molar-refractivity contribution in [3.8, 4) is 0 Å². The number of likely N-dealkylation sites (tertiary alicyclic amines) is 1. The monoisotopic (exact) mass is 253 g/mol. The molecule has 0 N–H and O–H groups in total. The third-order valence-corrected chi connectivity index (χ3v) is 2.85. The lowest BCUT2D eigenvalue weighted by Gasteiger charge is -2.35. The second-order valence-electron chi connectivity index (χ2n) is 5.83. The van der Waals surface area contributed by atoms with E-state index in [1.54, 1.807) is 11.8 Å². The Morgan fingerprint density at radius 2 is 1.89 bits per heavy atom. The van der Waals surface area contributed by atoms with E-state index in [-0.39, 0.29) is 5.78 Å². The smallest absolute Gasteiger partial charge is 0.410 e. The molecule has 0 bridgehead atoms. The van der Waals surface area contributed by atoms with Crippen LogP contribution in [0.1, 0.15) is 47.0 Å². The van der Waals surface area contributed by atoms with Gasteiger partial charge in [-0.05, 0) is 52.5 Å². The summed E-state index contributed by atoms with van der Waals surface area (Å²) in [5, 5.41) is 0. The number of carbonyl (C=O) groups is 2. The van der Waals surface area contributed by atoms with Crippen LogP contribution in [0.4, 0.5) is 4.79 Å². The summed E-state index contributed by atoms with van der Waals surface area (Å²) in [5.41, 5.74) is -0.0406. The summed E-state index contributed by atoms with van der Waals surface area (Å²) < 4.78 is 5.34. The first kappa shape index (κ1) is 14.7. The van der Waals surface area contributed by atoms with Crippen LogP contribution in [0.3, 0.4) is 0 Å². The van der Waals surface area contributed by atoms with Gasteiger partial charge < -0.3 is 4.74 Å². The summed E-state index contributed by atoms with van der Waals surface area (Å²) in [6, 6.07) is -0.397. The standard InChI is InChI=1S/C14H23NO3/c1-10(2)12(16)11-8-6-7-9-15(11)13(17)18-14(3,4)5/h11H,1,6-9H2,2-5H3/t11-/m0/s1. The van der Waals surface area contributed by atoms with Crippen molar-refractivity contribution in [1.82, 2.24) is 4.90 Å². The summed E-state index contributed by atoms with van der Waals surface area (Å²) in [6.45, 7) is 11.4. The lowest BCUT2D eigenvalue weighted by molar-refractivity contribution is -0.121. The average Bonchev–Trinajstić information content (AvgIpc) is 2.25. The maximum Gasteiger partial charge on any atom is 0.410 e. The fourth-order valence-electron chi connectivity index (χ4n) is 2.03. The van der Waals surface area contributed by atoms with Gasteiger partial charge in [-0.2, -0.15) is 0 Å². The van der Waals surface area contributed by atoms with Crippen molar-refractivity contribution in [3.63, 3.8) is 0 Å². The number of hydrogen-bond donors (Lipinski definition) is 0. The van der Waals surface area contributed by atoms with Crippen molar-refractivity contribution in [3.05, 3.63) is 12.2 Å². The highest BCUT2D eigenvalue weighted by Crippen LogP contribution is 2.22. The zero-order valence-corrected chi connectivity index (χ0v) is 11.8. The fourth-order valence-corrected chi connectivity index (χ4v) is 2.03. The molecule has 1 aliphatic heterocycles. The van der Waals surface area contributed by atoms with Crippen molar-refractivity contribution in [1.29, 1.82) is 0 Å². The number of Topliss-reactive ketones (excluding diaryl/α,β-unsaturated/α-hetero) is 1. The van der Waals surface area contributed by atoms with Gasteiger partial charge in [-0.15, -0.1) is 0 Å². The number of ether oxygens (including phenoxy) is 1. The van der Waals surface area contributed by atoms with E-state index >= 15 is 0 Å². The topological polar surface area (TPSA) is 46.6 Å². The van der Waals surface area contributed by atoms with Crippen LogP contribution in [0.25, 0.3) is 0 Å². The highest BCUT2D eigenvalue weighted by atomic mass is 16.6. The SMILES string of the molecule is C=C(C)C(=O)[C@@H]1CCCCN1C(=O)OC(C)(C)C. The largest absolute Gasteiger partial charge is 0.444 e. The van der Waals surface area contributed by atoms with Crippen LogP contribution >= 0.6 is 0 Å². The van der Waals surface area contributed by atoms with Crippen molar-refractivity contribution < 1.29 is 14.3 Å². The molecule has 1 aliphatic rings. The van der Waals surface area contributed by atoms with Gasteiger partial charge in [0.2, 0.25) is 0 Å². The van der Waals surface area contributed by atoms with Crippen LogP contribution in [0.5, 0.6) is 0 Å². The second kappa shape index (κ2) is 5.55. The van der Waals surface area contributed by atoms with E-state index in [1.165, 1.54) is 0 Å². The molecule has 0 saturated carbocycles. The summed E-state index contributed by atoms with van der Waals surface area (Å²) in [7, 11) is 0. The number of ketones is 1. The molecule has 1 rings (SSSR count). The van der Waals surface area contributed by atoms with E-state index in [4.69, 9.17) is 4.74 Å². The number of nitrogens with zero attached hydrogens (tertiary/aromatic N) is 1. The van der Waals surface area contributed by atoms with Gasteiger partial charge in [0.1, 0.15) is 5.60 Å². The van der Waals surface area contributed by atoms with Crippen molar-refractivity contribution in [2.75, 3.05) is 6.54 Å². The van der Waals surface area contributed by atoms with E-state index in [2.05, 4.69) is 6.58 Å². The molecule has 0 aliphatic carbocycles. The predicted octanol–water partition coefficient (Wildman–Crippen LogP) is 2.92. The Labute approximate surface area is 109 Å². The molecule has 4 heteroatoms. The second-order valence-corrected chi connectivity index (χ2v) is 5.83. The molecule has 18 heavy (non-hydrogen) atoms. The Balaban J connectivity index is 2.79. The highest BCUT2D eigenvalue weighted by molar-refractivity contribution is 6.00.